The highest BCUT2D eigenvalue weighted by Crippen LogP contribution is 2.09. The van der Waals surface area contributed by atoms with Crippen molar-refractivity contribution in [2.24, 2.45) is 4.99 Å². The van der Waals surface area contributed by atoms with E-state index in [2.05, 4.69) is 15.6 Å². The van der Waals surface area contributed by atoms with Gasteiger partial charge in [-0.05, 0) is 35.7 Å². The predicted molar refractivity (Wildman–Crippen MR) is 84.7 cm³/mol. The van der Waals surface area contributed by atoms with Crippen molar-refractivity contribution in [2.45, 2.75) is 13.0 Å². The first-order chi connectivity index (χ1) is 11.1. The Kier molecular flexibility index (Phi) is 6.02. The molecule has 0 aliphatic rings. The van der Waals surface area contributed by atoms with Gasteiger partial charge in [-0.25, -0.2) is 13.2 Å². The van der Waals surface area contributed by atoms with Gasteiger partial charge in [0.05, 0.1) is 0 Å². The molecule has 0 amide bonds. The van der Waals surface area contributed by atoms with E-state index < -0.39 is 11.6 Å². The van der Waals surface area contributed by atoms with Crippen LogP contribution in [0.2, 0.25) is 0 Å². The number of hydrogen-bond acceptors (Lipinski definition) is 1. The van der Waals surface area contributed by atoms with Gasteiger partial charge in [-0.3, -0.25) is 4.99 Å². The molecule has 0 fully saturated rings. The standard InChI is InChI=1S/C17H18F3N3/c1-21-17(23-11-12-3-2-4-14(18)9-12)22-8-7-13-5-6-15(19)10-16(13)20/h2-6,9-10H,7-8,11H2,1H3,(H2,21,22,23). The Balaban J connectivity index is 1.81. The molecule has 2 aromatic rings. The average Bonchev–Trinajstić information content (AvgIpc) is 2.52. The molecule has 2 aromatic carbocycles. The maximum atomic E-state index is 13.5. The minimum Gasteiger partial charge on any atom is -0.356 e. The van der Waals surface area contributed by atoms with Crippen molar-refractivity contribution in [2.75, 3.05) is 13.6 Å². The van der Waals surface area contributed by atoms with Crippen molar-refractivity contribution in [1.29, 1.82) is 0 Å². The summed E-state index contributed by atoms with van der Waals surface area (Å²) >= 11 is 0. The van der Waals surface area contributed by atoms with Crippen molar-refractivity contribution in [3.05, 3.63) is 71.0 Å². The molecule has 2 rings (SSSR count). The minimum atomic E-state index is -0.591. The van der Waals surface area contributed by atoms with Crippen molar-refractivity contribution in [3.8, 4) is 0 Å². The smallest absolute Gasteiger partial charge is 0.191 e. The van der Waals surface area contributed by atoms with Crippen LogP contribution in [0.15, 0.2) is 47.5 Å². The highest BCUT2D eigenvalue weighted by molar-refractivity contribution is 5.79. The van der Waals surface area contributed by atoms with Crippen LogP contribution in [0.25, 0.3) is 0 Å². The lowest BCUT2D eigenvalue weighted by atomic mass is 10.1. The number of benzene rings is 2. The second-order valence-corrected chi connectivity index (χ2v) is 4.97. The number of nitrogens with one attached hydrogen (secondary N) is 2. The molecule has 3 nitrogen and oxygen atoms in total. The van der Waals surface area contributed by atoms with Crippen LogP contribution in [-0.2, 0) is 13.0 Å². The molecule has 23 heavy (non-hydrogen) atoms. The Morgan fingerprint density at radius 2 is 1.78 bits per heavy atom. The van der Waals surface area contributed by atoms with Crippen LogP contribution in [0.4, 0.5) is 13.2 Å². The SMILES string of the molecule is CN=C(NCCc1ccc(F)cc1F)NCc1cccc(F)c1. The van der Waals surface area contributed by atoms with Crippen molar-refractivity contribution in [1.82, 2.24) is 10.6 Å². The van der Waals surface area contributed by atoms with Gasteiger partial charge in [0.15, 0.2) is 5.96 Å². The number of halogens is 3. The molecule has 122 valence electrons. The number of hydrogen-bond donors (Lipinski definition) is 2. The van der Waals surface area contributed by atoms with Crippen molar-refractivity contribution in [3.63, 3.8) is 0 Å². The summed E-state index contributed by atoms with van der Waals surface area (Å²) in [5.41, 5.74) is 1.22. The number of guanidine groups is 1. The van der Waals surface area contributed by atoms with Gasteiger partial charge in [0.1, 0.15) is 17.5 Å². The second kappa shape index (κ2) is 8.22. The third kappa shape index (κ3) is 5.32. The number of rotatable bonds is 5. The topological polar surface area (TPSA) is 36.4 Å². The van der Waals surface area contributed by atoms with Crippen LogP contribution in [0.5, 0.6) is 0 Å². The molecule has 6 heteroatoms. The first kappa shape index (κ1) is 16.9. The van der Waals surface area contributed by atoms with Gasteiger partial charge < -0.3 is 10.6 Å². The van der Waals surface area contributed by atoms with E-state index in [9.17, 15) is 13.2 Å². The molecule has 0 aromatic heterocycles. The third-order valence-corrected chi connectivity index (χ3v) is 3.27. The van der Waals surface area contributed by atoms with E-state index in [1.165, 1.54) is 24.3 Å². The lowest BCUT2D eigenvalue weighted by molar-refractivity contribution is 0.570. The fourth-order valence-corrected chi connectivity index (χ4v) is 2.09. The summed E-state index contributed by atoms with van der Waals surface area (Å²) in [7, 11) is 1.61. The Labute approximate surface area is 133 Å². The van der Waals surface area contributed by atoms with Crippen molar-refractivity contribution >= 4 is 5.96 Å². The summed E-state index contributed by atoms with van der Waals surface area (Å²) in [6.07, 6.45) is 0.396. The zero-order chi connectivity index (χ0) is 16.7. The monoisotopic (exact) mass is 321 g/mol. The molecule has 0 radical (unpaired) electrons. The molecule has 0 unspecified atom stereocenters. The van der Waals surface area contributed by atoms with E-state index >= 15 is 0 Å². The van der Waals surface area contributed by atoms with Gasteiger partial charge in [0.2, 0.25) is 0 Å². The Bertz CT molecular complexity index is 687. The largest absolute Gasteiger partial charge is 0.356 e. The molecule has 0 heterocycles. The second-order valence-electron chi connectivity index (χ2n) is 4.97. The molecule has 0 spiro atoms. The van der Waals surface area contributed by atoms with Gasteiger partial charge in [0.25, 0.3) is 0 Å². The van der Waals surface area contributed by atoms with E-state index in [4.69, 9.17) is 0 Å². The van der Waals surface area contributed by atoms with E-state index in [1.54, 1.807) is 19.2 Å². The lowest BCUT2D eigenvalue weighted by Crippen LogP contribution is -2.37. The Hall–Kier alpha value is -2.50. The van der Waals surface area contributed by atoms with E-state index in [1.807, 2.05) is 0 Å². The summed E-state index contributed by atoms with van der Waals surface area (Å²) in [5, 5.41) is 6.07. The highest BCUT2D eigenvalue weighted by Gasteiger charge is 2.04. The maximum absolute atomic E-state index is 13.5. The van der Waals surface area contributed by atoms with Gasteiger partial charge >= 0.3 is 0 Å². The molecule has 0 saturated carbocycles. The van der Waals surface area contributed by atoms with Crippen molar-refractivity contribution < 1.29 is 13.2 Å². The summed E-state index contributed by atoms with van der Waals surface area (Å²) < 4.78 is 39.4. The first-order valence-electron chi connectivity index (χ1n) is 7.21. The third-order valence-electron chi connectivity index (χ3n) is 3.27. The van der Waals surface area contributed by atoms with Crippen LogP contribution in [-0.4, -0.2) is 19.6 Å². The Morgan fingerprint density at radius 1 is 1.00 bits per heavy atom. The quantitative estimate of drug-likeness (QED) is 0.656. The highest BCUT2D eigenvalue weighted by atomic mass is 19.1. The van der Waals surface area contributed by atoms with E-state index in [0.717, 1.165) is 11.6 Å². The summed E-state index contributed by atoms with van der Waals surface area (Å²) in [6, 6.07) is 9.79. The molecule has 0 saturated heterocycles. The van der Waals surface area contributed by atoms with Gasteiger partial charge in [0, 0.05) is 26.2 Å². The van der Waals surface area contributed by atoms with Gasteiger partial charge in [-0.1, -0.05) is 18.2 Å². The molecule has 2 N–H and O–H groups in total. The van der Waals surface area contributed by atoms with Crippen LogP contribution in [0.1, 0.15) is 11.1 Å². The first-order valence-corrected chi connectivity index (χ1v) is 7.21. The summed E-state index contributed by atoms with van der Waals surface area (Å²) in [5.74, 6) is -0.919. The normalized spacial score (nSPS) is 11.4. The van der Waals surface area contributed by atoms with Gasteiger partial charge in [-0.15, -0.1) is 0 Å². The van der Waals surface area contributed by atoms with Crippen LogP contribution < -0.4 is 10.6 Å². The summed E-state index contributed by atoms with van der Waals surface area (Å²) in [6.45, 7) is 0.855. The minimum absolute atomic E-state index is 0.293. The Morgan fingerprint density at radius 3 is 2.48 bits per heavy atom. The predicted octanol–water partition coefficient (Wildman–Crippen LogP) is 3.01. The van der Waals surface area contributed by atoms with Crippen LogP contribution in [0.3, 0.4) is 0 Å². The summed E-state index contributed by atoms with van der Waals surface area (Å²) in [4.78, 5) is 4.04. The molecular weight excluding hydrogens is 303 g/mol. The lowest BCUT2D eigenvalue weighted by Gasteiger charge is -2.12. The van der Waals surface area contributed by atoms with Crippen LogP contribution in [0, 0.1) is 17.5 Å². The zero-order valence-electron chi connectivity index (χ0n) is 12.7. The van der Waals surface area contributed by atoms with Crippen LogP contribution >= 0.6 is 0 Å². The number of nitrogens with zero attached hydrogens (tertiary/aromatic N) is 1. The zero-order valence-corrected chi connectivity index (χ0v) is 12.7. The fourth-order valence-electron chi connectivity index (χ4n) is 2.09. The molecule has 0 atom stereocenters. The van der Waals surface area contributed by atoms with Gasteiger partial charge in [-0.2, -0.15) is 0 Å². The maximum Gasteiger partial charge on any atom is 0.191 e. The number of aliphatic imine (C=N–C) groups is 1. The molecule has 0 aliphatic carbocycles. The fraction of sp³-hybridized carbons (Fsp3) is 0.235. The molecular formula is C17H18F3N3. The average molecular weight is 321 g/mol. The van der Waals surface area contributed by atoms with E-state index in [0.29, 0.717) is 31.0 Å². The molecule has 0 bridgehead atoms. The van der Waals surface area contributed by atoms with E-state index in [-0.39, 0.29) is 5.82 Å². The molecule has 0 aliphatic heterocycles.